The molecule has 1 atom stereocenters. The van der Waals surface area contributed by atoms with E-state index >= 15 is 0 Å². The van der Waals surface area contributed by atoms with Crippen LogP contribution in [0.5, 0.6) is 11.5 Å². The first-order valence-electron chi connectivity index (χ1n) is 10.2. The van der Waals surface area contributed by atoms with Crippen molar-refractivity contribution in [1.82, 2.24) is 10.2 Å². The molecule has 2 aromatic carbocycles. The molecule has 1 aliphatic rings. The van der Waals surface area contributed by atoms with Gasteiger partial charge in [0.2, 0.25) is 0 Å². The number of benzene rings is 2. The van der Waals surface area contributed by atoms with Crippen molar-refractivity contribution < 1.29 is 14.3 Å². The standard InChI is InChI=1S/C24H30N2O3/c1-3-17-29-22-13-9-20(10-14-22)24(27)25-18-23(26-15-5-4-6-16-26)19-7-11-21(28-2)12-8-19/h3,7-14,23H,1,4-6,15-18H2,2H3,(H,25,27)/t23-/m0/s1. The van der Waals surface area contributed by atoms with Crippen LogP contribution in [0, 0.1) is 0 Å². The lowest BCUT2D eigenvalue weighted by Gasteiger charge is -2.35. The summed E-state index contributed by atoms with van der Waals surface area (Å²) in [6, 6.07) is 15.5. The summed E-state index contributed by atoms with van der Waals surface area (Å²) in [5.74, 6) is 1.50. The summed E-state index contributed by atoms with van der Waals surface area (Å²) >= 11 is 0. The molecule has 29 heavy (non-hydrogen) atoms. The number of amides is 1. The van der Waals surface area contributed by atoms with E-state index in [9.17, 15) is 4.79 Å². The van der Waals surface area contributed by atoms with E-state index in [4.69, 9.17) is 9.47 Å². The average molecular weight is 395 g/mol. The highest BCUT2D eigenvalue weighted by Gasteiger charge is 2.23. The van der Waals surface area contributed by atoms with Gasteiger partial charge in [-0.2, -0.15) is 0 Å². The molecule has 5 heteroatoms. The third-order valence-corrected chi connectivity index (χ3v) is 5.27. The van der Waals surface area contributed by atoms with Crippen LogP contribution >= 0.6 is 0 Å². The average Bonchev–Trinajstić information content (AvgIpc) is 2.79. The molecular weight excluding hydrogens is 364 g/mol. The first-order valence-corrected chi connectivity index (χ1v) is 10.2. The van der Waals surface area contributed by atoms with Crippen LogP contribution in [0.15, 0.2) is 61.2 Å². The normalized spacial score (nSPS) is 15.3. The Balaban J connectivity index is 1.66. The van der Waals surface area contributed by atoms with Gasteiger partial charge in [0.1, 0.15) is 18.1 Å². The van der Waals surface area contributed by atoms with Crippen LogP contribution in [0.2, 0.25) is 0 Å². The Morgan fingerprint density at radius 1 is 1.07 bits per heavy atom. The van der Waals surface area contributed by atoms with E-state index in [1.165, 1.54) is 24.8 Å². The first kappa shape index (κ1) is 20.9. The molecule has 154 valence electrons. The third kappa shape index (κ3) is 5.84. The van der Waals surface area contributed by atoms with Crippen LogP contribution < -0.4 is 14.8 Å². The van der Waals surface area contributed by atoms with Crippen LogP contribution in [0.25, 0.3) is 0 Å². The Hall–Kier alpha value is -2.79. The van der Waals surface area contributed by atoms with Gasteiger partial charge in [-0.25, -0.2) is 0 Å². The summed E-state index contributed by atoms with van der Waals surface area (Å²) < 4.78 is 10.8. The van der Waals surface area contributed by atoms with Crippen LogP contribution in [0.4, 0.5) is 0 Å². The second-order valence-corrected chi connectivity index (χ2v) is 7.22. The Labute approximate surface area is 173 Å². The number of nitrogens with one attached hydrogen (secondary N) is 1. The Morgan fingerprint density at radius 3 is 2.34 bits per heavy atom. The molecule has 1 fully saturated rings. The van der Waals surface area contributed by atoms with Crippen molar-refractivity contribution in [1.29, 1.82) is 0 Å². The van der Waals surface area contributed by atoms with Gasteiger partial charge in [-0.05, 0) is 67.9 Å². The van der Waals surface area contributed by atoms with Gasteiger partial charge in [-0.1, -0.05) is 31.2 Å². The number of ether oxygens (including phenoxy) is 2. The number of piperidine rings is 1. The lowest BCUT2D eigenvalue weighted by molar-refractivity contribution is 0.0924. The van der Waals surface area contributed by atoms with Gasteiger partial charge in [0.25, 0.3) is 5.91 Å². The van der Waals surface area contributed by atoms with Crippen LogP contribution in [0.3, 0.4) is 0 Å². The molecular formula is C24H30N2O3. The van der Waals surface area contributed by atoms with Gasteiger partial charge < -0.3 is 14.8 Å². The number of rotatable bonds is 9. The number of nitrogens with zero attached hydrogens (tertiary/aromatic N) is 1. The summed E-state index contributed by atoms with van der Waals surface area (Å²) in [4.78, 5) is 15.2. The zero-order chi connectivity index (χ0) is 20.5. The molecule has 0 unspecified atom stereocenters. The molecule has 1 saturated heterocycles. The second-order valence-electron chi connectivity index (χ2n) is 7.22. The van der Waals surface area contributed by atoms with E-state index in [2.05, 4.69) is 28.9 Å². The van der Waals surface area contributed by atoms with Crippen molar-refractivity contribution in [2.45, 2.75) is 25.3 Å². The van der Waals surface area contributed by atoms with E-state index in [-0.39, 0.29) is 11.9 Å². The monoisotopic (exact) mass is 394 g/mol. The van der Waals surface area contributed by atoms with Gasteiger partial charge in [0.05, 0.1) is 13.2 Å². The summed E-state index contributed by atoms with van der Waals surface area (Å²) in [5.41, 5.74) is 1.82. The SMILES string of the molecule is C=CCOc1ccc(C(=O)NC[C@@H](c2ccc(OC)cc2)N2CCCCC2)cc1. The van der Waals surface area contributed by atoms with Gasteiger partial charge in [0, 0.05) is 12.1 Å². The van der Waals surface area contributed by atoms with Crippen molar-refractivity contribution in [2.24, 2.45) is 0 Å². The molecule has 1 heterocycles. The molecule has 0 aliphatic carbocycles. The fourth-order valence-electron chi connectivity index (χ4n) is 3.66. The molecule has 1 amide bonds. The minimum absolute atomic E-state index is 0.0733. The highest BCUT2D eigenvalue weighted by Crippen LogP contribution is 2.26. The Bertz CT molecular complexity index is 781. The number of hydrogen-bond donors (Lipinski definition) is 1. The molecule has 0 saturated carbocycles. The summed E-state index contributed by atoms with van der Waals surface area (Å²) in [6.07, 6.45) is 5.37. The minimum atomic E-state index is -0.0733. The summed E-state index contributed by atoms with van der Waals surface area (Å²) in [7, 11) is 1.67. The van der Waals surface area contributed by atoms with Crippen molar-refractivity contribution in [3.63, 3.8) is 0 Å². The van der Waals surface area contributed by atoms with Crippen LogP contribution in [0.1, 0.15) is 41.2 Å². The fraction of sp³-hybridized carbons (Fsp3) is 0.375. The third-order valence-electron chi connectivity index (χ3n) is 5.27. The van der Waals surface area contributed by atoms with E-state index in [1.807, 2.05) is 24.3 Å². The Kier molecular flexibility index (Phi) is 7.70. The van der Waals surface area contributed by atoms with E-state index in [0.29, 0.717) is 18.7 Å². The number of carbonyl (C=O) groups excluding carboxylic acids is 1. The highest BCUT2D eigenvalue weighted by atomic mass is 16.5. The molecule has 3 rings (SSSR count). The maximum Gasteiger partial charge on any atom is 0.251 e. The smallest absolute Gasteiger partial charge is 0.251 e. The fourth-order valence-corrected chi connectivity index (χ4v) is 3.66. The van der Waals surface area contributed by atoms with Gasteiger partial charge in [-0.3, -0.25) is 9.69 Å². The zero-order valence-corrected chi connectivity index (χ0v) is 17.1. The zero-order valence-electron chi connectivity index (χ0n) is 17.1. The summed E-state index contributed by atoms with van der Waals surface area (Å²) in [6.45, 7) is 6.77. The molecule has 0 radical (unpaired) electrons. The largest absolute Gasteiger partial charge is 0.497 e. The van der Waals surface area contributed by atoms with Crippen LogP contribution in [-0.2, 0) is 0 Å². The number of methoxy groups -OCH3 is 1. The predicted molar refractivity (Wildman–Crippen MR) is 116 cm³/mol. The minimum Gasteiger partial charge on any atom is -0.497 e. The second kappa shape index (κ2) is 10.7. The molecule has 0 aromatic heterocycles. The molecule has 1 aliphatic heterocycles. The van der Waals surface area contributed by atoms with E-state index < -0.39 is 0 Å². The molecule has 1 N–H and O–H groups in total. The lowest BCUT2D eigenvalue weighted by Crippen LogP contribution is -2.40. The Morgan fingerprint density at radius 2 is 1.72 bits per heavy atom. The number of hydrogen-bond acceptors (Lipinski definition) is 4. The van der Waals surface area contributed by atoms with Gasteiger partial charge >= 0.3 is 0 Å². The molecule has 2 aromatic rings. The van der Waals surface area contributed by atoms with E-state index in [0.717, 1.165) is 24.6 Å². The highest BCUT2D eigenvalue weighted by molar-refractivity contribution is 5.94. The molecule has 0 bridgehead atoms. The maximum atomic E-state index is 12.7. The van der Waals surface area contributed by atoms with Crippen molar-refractivity contribution in [3.05, 3.63) is 72.3 Å². The lowest BCUT2D eigenvalue weighted by atomic mass is 10.0. The maximum absolute atomic E-state index is 12.7. The quantitative estimate of drug-likeness (QED) is 0.647. The topological polar surface area (TPSA) is 50.8 Å². The summed E-state index contributed by atoms with van der Waals surface area (Å²) in [5, 5.41) is 3.12. The van der Waals surface area contributed by atoms with Gasteiger partial charge in [-0.15, -0.1) is 0 Å². The van der Waals surface area contributed by atoms with E-state index in [1.54, 1.807) is 25.3 Å². The number of likely N-dealkylation sites (tertiary alicyclic amines) is 1. The number of carbonyl (C=O) groups is 1. The van der Waals surface area contributed by atoms with Crippen LogP contribution in [-0.4, -0.2) is 44.2 Å². The van der Waals surface area contributed by atoms with Crippen molar-refractivity contribution in [2.75, 3.05) is 33.4 Å². The van der Waals surface area contributed by atoms with Gasteiger partial charge in [0.15, 0.2) is 0 Å². The molecule has 5 nitrogen and oxygen atoms in total. The predicted octanol–water partition coefficient (Wildman–Crippen LogP) is 4.22. The van der Waals surface area contributed by atoms with Crippen molar-refractivity contribution in [3.8, 4) is 11.5 Å². The van der Waals surface area contributed by atoms with Crippen molar-refractivity contribution >= 4 is 5.91 Å². The molecule has 0 spiro atoms. The first-order chi connectivity index (χ1) is 14.2.